The van der Waals surface area contributed by atoms with E-state index < -0.39 is 6.10 Å². The van der Waals surface area contributed by atoms with Crippen LogP contribution in [0.25, 0.3) is 0 Å². The summed E-state index contributed by atoms with van der Waals surface area (Å²) in [6.45, 7) is 2.44. The van der Waals surface area contributed by atoms with Crippen LogP contribution < -0.4 is 14.8 Å². The van der Waals surface area contributed by atoms with Crippen molar-refractivity contribution < 1.29 is 14.6 Å². The molecule has 1 aromatic carbocycles. The lowest BCUT2D eigenvalue weighted by molar-refractivity contribution is 0.177. The zero-order valence-electron chi connectivity index (χ0n) is 10.2. The third-order valence-electron chi connectivity index (χ3n) is 2.47. The lowest BCUT2D eigenvalue weighted by Crippen LogP contribution is -2.16. The highest BCUT2D eigenvalue weighted by molar-refractivity contribution is 5.49. The predicted octanol–water partition coefficient (Wildman–Crippen LogP) is 1.27. The number of nitrogens with one attached hydrogen (secondary N) is 1. The van der Waals surface area contributed by atoms with E-state index in [2.05, 4.69) is 5.32 Å². The van der Waals surface area contributed by atoms with E-state index >= 15 is 0 Å². The van der Waals surface area contributed by atoms with Gasteiger partial charge in [-0.1, -0.05) is 0 Å². The van der Waals surface area contributed by atoms with Crippen molar-refractivity contribution in [2.24, 2.45) is 0 Å². The van der Waals surface area contributed by atoms with Crippen molar-refractivity contribution >= 4 is 0 Å². The van der Waals surface area contributed by atoms with Crippen molar-refractivity contribution in [2.75, 3.05) is 27.8 Å². The van der Waals surface area contributed by atoms with E-state index in [1.807, 2.05) is 13.0 Å². The molecule has 0 aliphatic carbocycles. The molecule has 0 saturated heterocycles. The number of likely N-dealkylation sites (N-methyl/N-ethyl adjacent to an activating group) is 1. The molecule has 4 nitrogen and oxygen atoms in total. The summed E-state index contributed by atoms with van der Waals surface area (Å²) in [5, 5.41) is 12.8. The molecule has 1 rings (SSSR count). The number of methoxy groups -OCH3 is 2. The number of benzene rings is 1. The zero-order valence-corrected chi connectivity index (χ0v) is 10.2. The second kappa shape index (κ2) is 5.72. The molecule has 0 aromatic heterocycles. The highest BCUT2D eigenvalue weighted by Gasteiger charge is 2.13. The van der Waals surface area contributed by atoms with E-state index in [-0.39, 0.29) is 0 Å². The third-order valence-corrected chi connectivity index (χ3v) is 2.47. The summed E-state index contributed by atoms with van der Waals surface area (Å²) in [7, 11) is 5.00. The Bertz CT molecular complexity index is 352. The van der Waals surface area contributed by atoms with E-state index in [0.717, 1.165) is 11.1 Å². The van der Waals surface area contributed by atoms with Gasteiger partial charge < -0.3 is 19.9 Å². The van der Waals surface area contributed by atoms with Gasteiger partial charge in [-0.15, -0.1) is 0 Å². The Morgan fingerprint density at radius 3 is 2.50 bits per heavy atom. The van der Waals surface area contributed by atoms with Gasteiger partial charge in [0.1, 0.15) is 0 Å². The van der Waals surface area contributed by atoms with Crippen LogP contribution in [-0.4, -0.2) is 32.9 Å². The van der Waals surface area contributed by atoms with Crippen LogP contribution >= 0.6 is 0 Å². The minimum Gasteiger partial charge on any atom is -0.493 e. The summed E-state index contributed by atoms with van der Waals surface area (Å²) in [5.74, 6) is 1.36. The normalized spacial score (nSPS) is 12.3. The molecule has 1 atom stereocenters. The van der Waals surface area contributed by atoms with Crippen LogP contribution in [0.2, 0.25) is 0 Å². The Balaban J connectivity index is 3.09. The Hall–Kier alpha value is -1.26. The fourth-order valence-corrected chi connectivity index (χ4v) is 1.69. The molecule has 0 aliphatic rings. The highest BCUT2D eigenvalue weighted by atomic mass is 16.5. The molecule has 4 heteroatoms. The molecule has 1 unspecified atom stereocenters. The fraction of sp³-hybridized carbons (Fsp3) is 0.500. The van der Waals surface area contributed by atoms with Gasteiger partial charge in [-0.05, 0) is 37.2 Å². The molecule has 0 heterocycles. The first-order valence-corrected chi connectivity index (χ1v) is 5.19. The van der Waals surface area contributed by atoms with E-state index in [1.54, 1.807) is 27.3 Å². The maximum absolute atomic E-state index is 9.87. The number of hydrogen-bond acceptors (Lipinski definition) is 4. The first-order valence-electron chi connectivity index (χ1n) is 5.19. The van der Waals surface area contributed by atoms with Crippen molar-refractivity contribution in [2.45, 2.75) is 13.0 Å². The molecule has 0 spiro atoms. The van der Waals surface area contributed by atoms with Gasteiger partial charge >= 0.3 is 0 Å². The number of aliphatic hydroxyl groups excluding tert-OH is 1. The average molecular weight is 225 g/mol. The first-order chi connectivity index (χ1) is 7.63. The quantitative estimate of drug-likeness (QED) is 0.792. The minimum atomic E-state index is -0.538. The Kier molecular flexibility index (Phi) is 4.58. The number of ether oxygens (including phenoxy) is 2. The predicted molar refractivity (Wildman–Crippen MR) is 63.2 cm³/mol. The van der Waals surface area contributed by atoms with Gasteiger partial charge in [-0.3, -0.25) is 0 Å². The van der Waals surface area contributed by atoms with Crippen LogP contribution in [0.15, 0.2) is 12.1 Å². The van der Waals surface area contributed by atoms with Crippen LogP contribution in [0.4, 0.5) is 0 Å². The molecule has 1 aromatic rings. The summed E-state index contributed by atoms with van der Waals surface area (Å²) < 4.78 is 10.5. The topological polar surface area (TPSA) is 50.7 Å². The smallest absolute Gasteiger partial charge is 0.163 e. The first kappa shape index (κ1) is 12.8. The molecule has 0 radical (unpaired) electrons. The summed E-state index contributed by atoms with van der Waals surface area (Å²) in [6.07, 6.45) is -0.538. The molecule has 0 saturated carbocycles. The fourth-order valence-electron chi connectivity index (χ4n) is 1.69. The maximum Gasteiger partial charge on any atom is 0.163 e. The van der Waals surface area contributed by atoms with Crippen molar-refractivity contribution in [3.8, 4) is 11.5 Å². The molecule has 16 heavy (non-hydrogen) atoms. The van der Waals surface area contributed by atoms with E-state index in [0.29, 0.717) is 18.0 Å². The van der Waals surface area contributed by atoms with E-state index in [9.17, 15) is 5.11 Å². The molecule has 0 fully saturated rings. The molecule has 0 bridgehead atoms. The summed E-state index contributed by atoms with van der Waals surface area (Å²) in [5.41, 5.74) is 1.77. The van der Waals surface area contributed by atoms with Crippen LogP contribution in [-0.2, 0) is 0 Å². The second-order valence-electron chi connectivity index (χ2n) is 3.65. The number of aryl methyl sites for hydroxylation is 1. The lowest BCUT2D eigenvalue weighted by Gasteiger charge is -2.16. The van der Waals surface area contributed by atoms with Gasteiger partial charge in [-0.2, -0.15) is 0 Å². The Morgan fingerprint density at radius 2 is 2.00 bits per heavy atom. The van der Waals surface area contributed by atoms with Crippen molar-refractivity contribution in [3.05, 3.63) is 23.3 Å². The summed E-state index contributed by atoms with van der Waals surface area (Å²) in [4.78, 5) is 0. The van der Waals surface area contributed by atoms with Gasteiger partial charge in [0.2, 0.25) is 0 Å². The van der Waals surface area contributed by atoms with Gasteiger partial charge in [-0.25, -0.2) is 0 Å². The third kappa shape index (κ3) is 2.65. The van der Waals surface area contributed by atoms with Crippen LogP contribution in [0.1, 0.15) is 17.2 Å². The number of hydrogen-bond donors (Lipinski definition) is 2. The Morgan fingerprint density at radius 1 is 1.31 bits per heavy atom. The summed E-state index contributed by atoms with van der Waals surface area (Å²) in [6, 6.07) is 3.71. The standard InChI is InChI=1S/C12H19NO3/c1-8-5-9(10(14)7-13-2)6-11(15-3)12(8)16-4/h5-6,10,13-14H,7H2,1-4H3. The Labute approximate surface area is 96.2 Å². The molecule has 2 N–H and O–H groups in total. The van der Waals surface area contributed by atoms with Crippen molar-refractivity contribution in [1.82, 2.24) is 5.32 Å². The monoisotopic (exact) mass is 225 g/mol. The largest absolute Gasteiger partial charge is 0.493 e. The highest BCUT2D eigenvalue weighted by Crippen LogP contribution is 2.33. The van der Waals surface area contributed by atoms with Gasteiger partial charge in [0.15, 0.2) is 11.5 Å². The van der Waals surface area contributed by atoms with Gasteiger partial charge in [0, 0.05) is 6.54 Å². The molecule has 0 amide bonds. The molecular formula is C12H19NO3. The van der Waals surface area contributed by atoms with Crippen molar-refractivity contribution in [3.63, 3.8) is 0 Å². The molecule has 90 valence electrons. The van der Waals surface area contributed by atoms with Crippen LogP contribution in [0.3, 0.4) is 0 Å². The second-order valence-corrected chi connectivity index (χ2v) is 3.65. The SMILES string of the molecule is CNCC(O)c1cc(C)c(OC)c(OC)c1. The average Bonchev–Trinajstić information content (AvgIpc) is 2.28. The molecule has 0 aliphatic heterocycles. The summed E-state index contributed by atoms with van der Waals surface area (Å²) >= 11 is 0. The minimum absolute atomic E-state index is 0.509. The maximum atomic E-state index is 9.87. The van der Waals surface area contributed by atoms with E-state index in [1.165, 1.54) is 0 Å². The van der Waals surface area contributed by atoms with E-state index in [4.69, 9.17) is 9.47 Å². The lowest BCUT2D eigenvalue weighted by atomic mass is 10.0. The zero-order chi connectivity index (χ0) is 12.1. The number of rotatable bonds is 5. The number of aliphatic hydroxyl groups is 1. The van der Waals surface area contributed by atoms with Crippen LogP contribution in [0, 0.1) is 6.92 Å². The van der Waals surface area contributed by atoms with Crippen molar-refractivity contribution in [1.29, 1.82) is 0 Å². The van der Waals surface area contributed by atoms with Gasteiger partial charge in [0.25, 0.3) is 0 Å². The van der Waals surface area contributed by atoms with Crippen LogP contribution in [0.5, 0.6) is 11.5 Å². The molecular weight excluding hydrogens is 206 g/mol. The van der Waals surface area contributed by atoms with Gasteiger partial charge in [0.05, 0.1) is 20.3 Å².